The van der Waals surface area contributed by atoms with E-state index in [2.05, 4.69) is 16.8 Å². The third kappa shape index (κ3) is 4.58. The van der Waals surface area contributed by atoms with Gasteiger partial charge in [0.2, 0.25) is 5.95 Å². The van der Waals surface area contributed by atoms with Gasteiger partial charge in [0.25, 0.3) is 0 Å². The average Bonchev–Trinajstić information content (AvgIpc) is 2.85. The third-order valence-corrected chi connectivity index (χ3v) is 6.00. The minimum Gasteiger partial charge on any atom is -0.377 e. The SMILES string of the molecule is C[C@@H]1COCCN1c1nc(-c2ccc(F)cc2)cc(-c2ccc(-c3ncccc3Cl)cc2)n1. The van der Waals surface area contributed by atoms with Crippen molar-refractivity contribution < 1.29 is 9.13 Å². The lowest BCUT2D eigenvalue weighted by atomic mass is 10.0. The summed E-state index contributed by atoms with van der Waals surface area (Å²) in [6.45, 7) is 4.06. The van der Waals surface area contributed by atoms with Crippen molar-refractivity contribution in [3.05, 3.63) is 83.8 Å². The first-order valence-electron chi connectivity index (χ1n) is 10.8. The Morgan fingerprint density at radius 2 is 1.58 bits per heavy atom. The number of pyridine rings is 1. The van der Waals surface area contributed by atoms with Crippen molar-refractivity contribution in [3.8, 4) is 33.8 Å². The van der Waals surface area contributed by atoms with Crippen LogP contribution in [0.25, 0.3) is 33.8 Å². The standard InChI is InChI=1S/C26H22ClFN4O/c1-17-16-33-14-13-32(17)26-30-23(15-24(31-26)19-8-10-21(28)11-9-19)18-4-6-20(7-5-18)25-22(27)3-2-12-29-25/h2-12,15,17H,13-14,16H2,1H3/t17-/m1/s1. The normalized spacial score (nSPS) is 16.1. The van der Waals surface area contributed by atoms with Crippen LogP contribution in [0.3, 0.4) is 0 Å². The molecule has 0 N–H and O–H groups in total. The van der Waals surface area contributed by atoms with E-state index in [1.807, 2.05) is 42.5 Å². The minimum atomic E-state index is -0.279. The van der Waals surface area contributed by atoms with Gasteiger partial charge in [-0.15, -0.1) is 0 Å². The highest BCUT2D eigenvalue weighted by Crippen LogP contribution is 2.30. The van der Waals surface area contributed by atoms with Gasteiger partial charge in [0.15, 0.2) is 0 Å². The molecule has 0 aliphatic carbocycles. The number of hydrogen-bond acceptors (Lipinski definition) is 5. The Labute approximate surface area is 196 Å². The molecule has 2 aromatic heterocycles. The van der Waals surface area contributed by atoms with Crippen LogP contribution in [0.2, 0.25) is 5.02 Å². The van der Waals surface area contributed by atoms with Gasteiger partial charge in [-0.25, -0.2) is 14.4 Å². The molecule has 4 aromatic rings. The van der Waals surface area contributed by atoms with Crippen LogP contribution in [0.1, 0.15) is 6.92 Å². The van der Waals surface area contributed by atoms with Gasteiger partial charge in [0.05, 0.1) is 41.4 Å². The highest BCUT2D eigenvalue weighted by atomic mass is 35.5. The molecule has 0 amide bonds. The number of aromatic nitrogens is 3. The molecule has 3 heterocycles. The van der Waals surface area contributed by atoms with Crippen molar-refractivity contribution in [1.29, 1.82) is 0 Å². The predicted molar refractivity (Wildman–Crippen MR) is 129 cm³/mol. The van der Waals surface area contributed by atoms with Crippen LogP contribution in [-0.2, 0) is 4.74 Å². The first-order valence-corrected chi connectivity index (χ1v) is 11.2. The van der Waals surface area contributed by atoms with E-state index in [9.17, 15) is 4.39 Å². The van der Waals surface area contributed by atoms with Crippen LogP contribution in [0.4, 0.5) is 10.3 Å². The maximum atomic E-state index is 13.5. The number of rotatable bonds is 4. The van der Waals surface area contributed by atoms with Gasteiger partial charge in [-0.2, -0.15) is 0 Å². The van der Waals surface area contributed by atoms with E-state index in [1.165, 1.54) is 12.1 Å². The summed E-state index contributed by atoms with van der Waals surface area (Å²) in [5.41, 5.74) is 4.97. The number of morpholine rings is 1. The summed E-state index contributed by atoms with van der Waals surface area (Å²) in [5, 5.41) is 0.606. The van der Waals surface area contributed by atoms with E-state index in [-0.39, 0.29) is 11.9 Å². The second-order valence-electron chi connectivity index (χ2n) is 7.97. The fraction of sp³-hybridized carbons (Fsp3) is 0.192. The molecule has 1 aliphatic rings. The summed E-state index contributed by atoms with van der Waals surface area (Å²) in [4.78, 5) is 16.2. The molecule has 0 bridgehead atoms. The van der Waals surface area contributed by atoms with Crippen LogP contribution < -0.4 is 4.90 Å². The molecule has 0 unspecified atom stereocenters. The maximum absolute atomic E-state index is 13.5. The average molecular weight is 461 g/mol. The quantitative estimate of drug-likeness (QED) is 0.380. The lowest BCUT2D eigenvalue weighted by Gasteiger charge is -2.33. The molecular formula is C26H22ClFN4O. The molecule has 0 radical (unpaired) electrons. The Morgan fingerprint density at radius 3 is 2.21 bits per heavy atom. The van der Waals surface area contributed by atoms with Gasteiger partial charge >= 0.3 is 0 Å². The monoisotopic (exact) mass is 460 g/mol. The highest BCUT2D eigenvalue weighted by Gasteiger charge is 2.23. The summed E-state index contributed by atoms with van der Waals surface area (Å²) in [5.74, 6) is 0.360. The summed E-state index contributed by atoms with van der Waals surface area (Å²) in [6, 6.07) is 20.1. The molecule has 7 heteroatoms. The minimum absolute atomic E-state index is 0.156. The Balaban J connectivity index is 1.57. The molecule has 0 saturated carbocycles. The van der Waals surface area contributed by atoms with E-state index in [0.717, 1.165) is 33.8 Å². The molecule has 33 heavy (non-hydrogen) atoms. The van der Waals surface area contributed by atoms with Crippen LogP contribution in [-0.4, -0.2) is 40.8 Å². The number of halogens is 2. The van der Waals surface area contributed by atoms with Gasteiger partial charge in [0, 0.05) is 29.4 Å². The van der Waals surface area contributed by atoms with E-state index < -0.39 is 0 Å². The fourth-order valence-corrected chi connectivity index (χ4v) is 4.13. The summed E-state index contributed by atoms with van der Waals surface area (Å²) in [7, 11) is 0. The second-order valence-corrected chi connectivity index (χ2v) is 8.38. The first kappa shape index (κ1) is 21.5. The summed E-state index contributed by atoms with van der Waals surface area (Å²) >= 11 is 6.31. The van der Waals surface area contributed by atoms with Gasteiger partial charge in [-0.05, 0) is 49.4 Å². The highest BCUT2D eigenvalue weighted by molar-refractivity contribution is 6.33. The first-order chi connectivity index (χ1) is 16.1. The molecule has 1 aliphatic heterocycles. The maximum Gasteiger partial charge on any atom is 0.226 e. The molecule has 5 rings (SSSR count). The Kier molecular flexibility index (Phi) is 6.03. The van der Waals surface area contributed by atoms with E-state index in [1.54, 1.807) is 18.3 Å². The van der Waals surface area contributed by atoms with Crippen LogP contribution >= 0.6 is 11.6 Å². The molecule has 0 spiro atoms. The predicted octanol–water partition coefficient (Wildman–Crippen LogP) is 5.89. The van der Waals surface area contributed by atoms with Gasteiger partial charge in [-0.3, -0.25) is 4.98 Å². The zero-order chi connectivity index (χ0) is 22.8. The molecule has 1 atom stereocenters. The van der Waals surface area contributed by atoms with E-state index >= 15 is 0 Å². The smallest absolute Gasteiger partial charge is 0.226 e. The Hall–Kier alpha value is -3.35. The van der Waals surface area contributed by atoms with Crippen molar-refractivity contribution in [2.24, 2.45) is 0 Å². The molecule has 5 nitrogen and oxygen atoms in total. The lowest BCUT2D eigenvalue weighted by molar-refractivity contribution is 0.0981. The van der Waals surface area contributed by atoms with Crippen molar-refractivity contribution >= 4 is 17.5 Å². The third-order valence-electron chi connectivity index (χ3n) is 5.69. The van der Waals surface area contributed by atoms with Crippen LogP contribution in [0, 0.1) is 5.82 Å². The topological polar surface area (TPSA) is 51.1 Å². The van der Waals surface area contributed by atoms with E-state index in [0.29, 0.717) is 30.7 Å². The fourth-order valence-electron chi connectivity index (χ4n) is 3.90. The van der Waals surface area contributed by atoms with Crippen molar-refractivity contribution in [3.63, 3.8) is 0 Å². The second kappa shape index (κ2) is 9.25. The number of hydrogen-bond donors (Lipinski definition) is 0. The molecule has 166 valence electrons. The number of benzene rings is 2. The van der Waals surface area contributed by atoms with E-state index in [4.69, 9.17) is 26.3 Å². The van der Waals surface area contributed by atoms with Crippen molar-refractivity contribution in [1.82, 2.24) is 15.0 Å². The van der Waals surface area contributed by atoms with Gasteiger partial charge in [0.1, 0.15) is 5.82 Å². The van der Waals surface area contributed by atoms with Gasteiger partial charge < -0.3 is 9.64 Å². The Bertz CT molecular complexity index is 1260. The molecule has 2 aromatic carbocycles. The number of ether oxygens (including phenoxy) is 1. The summed E-state index contributed by atoms with van der Waals surface area (Å²) in [6.07, 6.45) is 1.73. The van der Waals surface area contributed by atoms with Crippen molar-refractivity contribution in [2.45, 2.75) is 13.0 Å². The van der Waals surface area contributed by atoms with Gasteiger partial charge in [-0.1, -0.05) is 35.9 Å². The molecule has 1 saturated heterocycles. The number of anilines is 1. The molecule has 1 fully saturated rings. The van der Waals surface area contributed by atoms with Crippen LogP contribution in [0.5, 0.6) is 0 Å². The number of nitrogens with zero attached hydrogens (tertiary/aromatic N) is 4. The van der Waals surface area contributed by atoms with Crippen molar-refractivity contribution in [2.75, 3.05) is 24.7 Å². The zero-order valence-electron chi connectivity index (χ0n) is 18.1. The lowest BCUT2D eigenvalue weighted by Crippen LogP contribution is -2.44. The summed E-state index contributed by atoms with van der Waals surface area (Å²) < 4.78 is 19.1. The van der Waals surface area contributed by atoms with Crippen LogP contribution in [0.15, 0.2) is 72.9 Å². The molecular weight excluding hydrogens is 439 g/mol. The zero-order valence-corrected chi connectivity index (χ0v) is 18.8. The largest absolute Gasteiger partial charge is 0.377 e. The Morgan fingerprint density at radius 1 is 0.939 bits per heavy atom.